The van der Waals surface area contributed by atoms with Crippen molar-refractivity contribution in [3.63, 3.8) is 0 Å². The molecule has 5 rings (SSSR count). The highest BCUT2D eigenvalue weighted by Crippen LogP contribution is 2.58. The van der Waals surface area contributed by atoms with Gasteiger partial charge in [-0.15, -0.1) is 0 Å². The monoisotopic (exact) mass is 490 g/mol. The molecule has 0 bridgehead atoms. The van der Waals surface area contributed by atoms with Crippen LogP contribution in [0, 0.1) is 19.7 Å². The van der Waals surface area contributed by atoms with Gasteiger partial charge in [0.2, 0.25) is 6.41 Å². The Kier molecular flexibility index (Phi) is 5.89. The molecule has 1 aliphatic heterocycles. The summed E-state index contributed by atoms with van der Waals surface area (Å²) in [5, 5.41) is 0. The second-order valence-electron chi connectivity index (χ2n) is 10.4. The van der Waals surface area contributed by atoms with Gasteiger partial charge < -0.3 is 4.90 Å². The molecule has 0 radical (unpaired) electrons. The fourth-order valence-electron chi connectivity index (χ4n) is 5.32. The maximum Gasteiger partial charge on any atom is 0.401 e. The standard InChI is InChI=1S/C26H30F4N4O/c1-15-12-33(10-11-34(15)14-35)13-19-6-7-20(27)21(16(19)2)22-17(3)31-24(32-23(22)18-4-5-18)25(8-9-25)26(28,29)30/h6-7,14-15,18H,4-5,8-13H2,1-3H3/t15-/m1/s1. The van der Waals surface area contributed by atoms with Crippen LogP contribution in [0.2, 0.25) is 0 Å². The van der Waals surface area contributed by atoms with Gasteiger partial charge >= 0.3 is 6.18 Å². The third kappa shape index (κ3) is 4.21. The van der Waals surface area contributed by atoms with Crippen molar-refractivity contribution in [3.8, 4) is 11.1 Å². The van der Waals surface area contributed by atoms with Crippen LogP contribution < -0.4 is 0 Å². The average Bonchev–Trinajstić information content (AvgIpc) is 3.68. The molecule has 0 spiro atoms. The first kappa shape index (κ1) is 24.2. The average molecular weight is 491 g/mol. The number of benzene rings is 1. The highest BCUT2D eigenvalue weighted by molar-refractivity contribution is 5.74. The number of hydrogen-bond acceptors (Lipinski definition) is 4. The largest absolute Gasteiger partial charge is 0.401 e. The molecule has 1 amide bonds. The van der Waals surface area contributed by atoms with E-state index in [4.69, 9.17) is 0 Å². The minimum absolute atomic E-state index is 0.00193. The molecule has 0 unspecified atom stereocenters. The Morgan fingerprint density at radius 1 is 1.11 bits per heavy atom. The van der Waals surface area contributed by atoms with E-state index >= 15 is 4.39 Å². The van der Waals surface area contributed by atoms with E-state index in [1.807, 2.05) is 13.8 Å². The number of piperazine rings is 1. The third-order valence-corrected chi connectivity index (χ3v) is 7.87. The van der Waals surface area contributed by atoms with Crippen molar-refractivity contribution in [1.29, 1.82) is 0 Å². The summed E-state index contributed by atoms with van der Waals surface area (Å²) in [5.41, 5.74) is 1.64. The van der Waals surface area contributed by atoms with Crippen LogP contribution in [0.3, 0.4) is 0 Å². The van der Waals surface area contributed by atoms with E-state index < -0.39 is 17.4 Å². The lowest BCUT2D eigenvalue weighted by molar-refractivity contribution is -0.162. The molecule has 1 aromatic carbocycles. The number of carbonyl (C=O) groups is 1. The summed E-state index contributed by atoms with van der Waals surface area (Å²) in [6.07, 6.45) is -1.86. The minimum atomic E-state index is -4.39. The van der Waals surface area contributed by atoms with Gasteiger partial charge in [-0.2, -0.15) is 13.2 Å². The maximum absolute atomic E-state index is 15.3. The first-order chi connectivity index (χ1) is 16.6. The Hall–Kier alpha value is -2.55. The molecule has 1 atom stereocenters. The molecule has 3 aliphatic rings. The SMILES string of the molecule is Cc1nc(C2(C(F)(F)F)CC2)nc(C2CC2)c1-c1c(F)ccc(CN2CCN(C=O)[C@H](C)C2)c1C. The lowest BCUT2D eigenvalue weighted by Gasteiger charge is -2.38. The molecule has 2 saturated carbocycles. The van der Waals surface area contributed by atoms with Gasteiger partial charge in [0, 0.05) is 55.0 Å². The Balaban J connectivity index is 1.53. The number of alkyl halides is 3. The van der Waals surface area contributed by atoms with Gasteiger partial charge in [0.05, 0.1) is 5.69 Å². The van der Waals surface area contributed by atoms with E-state index in [0.29, 0.717) is 42.1 Å². The van der Waals surface area contributed by atoms with Crippen LogP contribution in [0.1, 0.15) is 66.9 Å². The van der Waals surface area contributed by atoms with E-state index in [0.717, 1.165) is 36.9 Å². The lowest BCUT2D eigenvalue weighted by Crippen LogP contribution is -2.50. The van der Waals surface area contributed by atoms with Crippen molar-refractivity contribution < 1.29 is 22.4 Å². The first-order valence-electron chi connectivity index (χ1n) is 12.2. The number of carbonyl (C=O) groups excluding carboxylic acids is 1. The van der Waals surface area contributed by atoms with Gasteiger partial charge in [-0.1, -0.05) is 6.07 Å². The van der Waals surface area contributed by atoms with Gasteiger partial charge in [0.1, 0.15) is 17.1 Å². The number of nitrogens with zero attached hydrogens (tertiary/aromatic N) is 4. The normalized spacial score (nSPS) is 22.4. The van der Waals surface area contributed by atoms with Gasteiger partial charge in [-0.25, -0.2) is 14.4 Å². The molecule has 3 fully saturated rings. The summed E-state index contributed by atoms with van der Waals surface area (Å²) in [4.78, 5) is 24.0. The molecule has 1 aromatic heterocycles. The molecular formula is C26H30F4N4O. The van der Waals surface area contributed by atoms with Gasteiger partial charge in [-0.3, -0.25) is 9.69 Å². The number of rotatable bonds is 6. The van der Waals surface area contributed by atoms with Gasteiger partial charge in [0.15, 0.2) is 0 Å². The predicted molar refractivity (Wildman–Crippen MR) is 123 cm³/mol. The topological polar surface area (TPSA) is 49.3 Å². The lowest BCUT2D eigenvalue weighted by atomic mass is 9.91. The number of amides is 1. The van der Waals surface area contributed by atoms with Crippen molar-refractivity contribution in [2.45, 2.75) is 76.6 Å². The zero-order valence-corrected chi connectivity index (χ0v) is 20.3. The van der Waals surface area contributed by atoms with Gasteiger partial charge in [-0.05, 0) is 63.6 Å². The van der Waals surface area contributed by atoms with Crippen LogP contribution in [0.4, 0.5) is 17.6 Å². The molecule has 1 saturated heterocycles. The van der Waals surface area contributed by atoms with Crippen LogP contribution in [0.15, 0.2) is 12.1 Å². The summed E-state index contributed by atoms with van der Waals surface area (Å²) in [6.45, 7) is 8.21. The van der Waals surface area contributed by atoms with Crippen LogP contribution in [-0.4, -0.2) is 58.0 Å². The van der Waals surface area contributed by atoms with Crippen LogP contribution >= 0.6 is 0 Å². The summed E-state index contributed by atoms with van der Waals surface area (Å²) < 4.78 is 56.7. The molecule has 35 heavy (non-hydrogen) atoms. The number of halogens is 4. The fraction of sp³-hybridized carbons (Fsp3) is 0.577. The van der Waals surface area contributed by atoms with Crippen molar-refractivity contribution >= 4 is 6.41 Å². The van der Waals surface area contributed by atoms with E-state index in [2.05, 4.69) is 14.9 Å². The summed E-state index contributed by atoms with van der Waals surface area (Å²) in [5.74, 6) is -0.540. The smallest absolute Gasteiger partial charge is 0.340 e. The zero-order chi connectivity index (χ0) is 25.1. The Labute approximate surface area is 202 Å². The van der Waals surface area contributed by atoms with E-state index in [1.54, 1.807) is 17.9 Å². The highest BCUT2D eigenvalue weighted by Gasteiger charge is 2.66. The second kappa shape index (κ2) is 8.54. The molecule has 2 aliphatic carbocycles. The first-order valence-corrected chi connectivity index (χ1v) is 12.2. The fourth-order valence-corrected chi connectivity index (χ4v) is 5.32. The Bertz CT molecular complexity index is 1160. The van der Waals surface area contributed by atoms with E-state index in [1.165, 1.54) is 6.07 Å². The number of hydrogen-bond donors (Lipinski definition) is 0. The Morgan fingerprint density at radius 3 is 2.40 bits per heavy atom. The molecule has 5 nitrogen and oxygen atoms in total. The summed E-state index contributed by atoms with van der Waals surface area (Å²) in [7, 11) is 0. The van der Waals surface area contributed by atoms with Gasteiger partial charge in [0.25, 0.3) is 0 Å². The van der Waals surface area contributed by atoms with Crippen LogP contribution in [0.25, 0.3) is 11.1 Å². The highest BCUT2D eigenvalue weighted by atomic mass is 19.4. The predicted octanol–water partition coefficient (Wildman–Crippen LogP) is 5.03. The van der Waals surface area contributed by atoms with Crippen molar-refractivity contribution in [1.82, 2.24) is 19.8 Å². The second-order valence-corrected chi connectivity index (χ2v) is 10.4. The molecule has 2 heterocycles. The van der Waals surface area contributed by atoms with Crippen molar-refractivity contribution in [2.24, 2.45) is 0 Å². The molecule has 9 heteroatoms. The molecule has 0 N–H and O–H groups in total. The van der Waals surface area contributed by atoms with E-state index in [-0.39, 0.29) is 30.6 Å². The molecular weight excluding hydrogens is 460 g/mol. The zero-order valence-electron chi connectivity index (χ0n) is 20.3. The van der Waals surface area contributed by atoms with Crippen molar-refractivity contribution in [3.05, 3.63) is 46.3 Å². The number of aryl methyl sites for hydroxylation is 1. The number of aromatic nitrogens is 2. The molecule has 188 valence electrons. The quantitative estimate of drug-likeness (QED) is 0.421. The molecule has 2 aromatic rings. The summed E-state index contributed by atoms with van der Waals surface area (Å²) >= 11 is 0. The van der Waals surface area contributed by atoms with Crippen LogP contribution in [0.5, 0.6) is 0 Å². The minimum Gasteiger partial charge on any atom is -0.340 e. The van der Waals surface area contributed by atoms with Crippen LogP contribution in [-0.2, 0) is 16.8 Å². The Morgan fingerprint density at radius 2 is 1.83 bits per heavy atom. The summed E-state index contributed by atoms with van der Waals surface area (Å²) in [6, 6.07) is 3.30. The van der Waals surface area contributed by atoms with E-state index in [9.17, 15) is 18.0 Å². The van der Waals surface area contributed by atoms with Crippen molar-refractivity contribution in [2.75, 3.05) is 19.6 Å². The third-order valence-electron chi connectivity index (χ3n) is 7.87. The maximum atomic E-state index is 15.3.